The minimum Gasteiger partial charge on any atom is -0.370 e. The molecule has 3 N–H and O–H groups in total. The monoisotopic (exact) mass is 364 g/mol. The quantitative estimate of drug-likeness (QED) is 0.347. The number of nitrogens with zero attached hydrogens (tertiary/aromatic N) is 2. The second-order valence-electron chi connectivity index (χ2n) is 5.20. The SMILES string of the molecule is CN1CC=C(CN=C(N)NC2CCCC2)CC1.I. The highest BCUT2D eigenvalue weighted by Crippen LogP contribution is 2.17. The van der Waals surface area contributed by atoms with Gasteiger partial charge in [-0.2, -0.15) is 0 Å². The van der Waals surface area contributed by atoms with E-state index in [0.29, 0.717) is 12.0 Å². The Bertz CT molecular complexity index is 308. The van der Waals surface area contributed by atoms with E-state index in [4.69, 9.17) is 5.73 Å². The van der Waals surface area contributed by atoms with Gasteiger partial charge < -0.3 is 16.0 Å². The van der Waals surface area contributed by atoms with E-state index in [2.05, 4.69) is 28.3 Å². The summed E-state index contributed by atoms with van der Waals surface area (Å²) in [6, 6.07) is 0.560. The van der Waals surface area contributed by atoms with Crippen molar-refractivity contribution in [3.05, 3.63) is 11.6 Å². The molecule has 0 amide bonds. The standard InChI is InChI=1S/C13H24N4.HI/c1-17-8-6-11(7-9-17)10-15-13(14)16-12-4-2-3-5-12;/h6,12H,2-5,7-10H2,1H3,(H3,14,15,16);1H. The van der Waals surface area contributed by atoms with Gasteiger partial charge in [0.2, 0.25) is 0 Å². The van der Waals surface area contributed by atoms with Gasteiger partial charge in [0.1, 0.15) is 0 Å². The highest BCUT2D eigenvalue weighted by molar-refractivity contribution is 14.0. The maximum atomic E-state index is 5.90. The predicted molar refractivity (Wildman–Crippen MR) is 87.5 cm³/mol. The Labute approximate surface area is 127 Å². The van der Waals surface area contributed by atoms with Crippen LogP contribution in [0.2, 0.25) is 0 Å². The fourth-order valence-corrected chi connectivity index (χ4v) is 2.47. The van der Waals surface area contributed by atoms with E-state index < -0.39 is 0 Å². The average molecular weight is 364 g/mol. The van der Waals surface area contributed by atoms with Crippen LogP contribution in [0.3, 0.4) is 0 Å². The van der Waals surface area contributed by atoms with Gasteiger partial charge in [-0.3, -0.25) is 0 Å². The van der Waals surface area contributed by atoms with Gasteiger partial charge in [0.05, 0.1) is 6.54 Å². The number of aliphatic imine (C=N–C) groups is 1. The number of halogens is 1. The largest absolute Gasteiger partial charge is 0.370 e. The normalized spacial score (nSPS) is 22.5. The molecule has 0 saturated heterocycles. The first-order chi connectivity index (χ1) is 8.24. The lowest BCUT2D eigenvalue weighted by Gasteiger charge is -2.21. The van der Waals surface area contributed by atoms with E-state index in [-0.39, 0.29) is 24.0 Å². The van der Waals surface area contributed by atoms with Crippen molar-refractivity contribution in [2.24, 2.45) is 10.7 Å². The first kappa shape index (κ1) is 15.8. The smallest absolute Gasteiger partial charge is 0.189 e. The molecule has 0 atom stereocenters. The zero-order valence-electron chi connectivity index (χ0n) is 11.2. The molecule has 0 unspecified atom stereocenters. The Morgan fingerprint density at radius 2 is 2.22 bits per heavy atom. The molecule has 2 aliphatic rings. The molecule has 18 heavy (non-hydrogen) atoms. The zero-order valence-corrected chi connectivity index (χ0v) is 13.5. The molecule has 0 bridgehead atoms. The van der Waals surface area contributed by atoms with Crippen molar-refractivity contribution >= 4 is 29.9 Å². The van der Waals surface area contributed by atoms with Crippen molar-refractivity contribution in [1.29, 1.82) is 0 Å². The summed E-state index contributed by atoms with van der Waals surface area (Å²) in [5, 5.41) is 3.32. The van der Waals surface area contributed by atoms with Crippen LogP contribution in [0.25, 0.3) is 0 Å². The molecule has 1 saturated carbocycles. The molecule has 4 nitrogen and oxygen atoms in total. The molecule has 0 aromatic rings. The number of rotatable bonds is 3. The molecular weight excluding hydrogens is 339 g/mol. The third kappa shape index (κ3) is 5.14. The van der Waals surface area contributed by atoms with Gasteiger partial charge in [-0.1, -0.05) is 24.5 Å². The summed E-state index contributed by atoms with van der Waals surface area (Å²) < 4.78 is 0. The number of hydrogen-bond donors (Lipinski definition) is 2. The molecule has 5 heteroatoms. The van der Waals surface area contributed by atoms with Gasteiger partial charge in [0.25, 0.3) is 0 Å². The molecule has 0 aromatic heterocycles. The molecule has 1 fully saturated rings. The van der Waals surface area contributed by atoms with Crippen molar-refractivity contribution in [2.75, 3.05) is 26.7 Å². The van der Waals surface area contributed by atoms with Crippen LogP contribution >= 0.6 is 24.0 Å². The van der Waals surface area contributed by atoms with Gasteiger partial charge in [-0.05, 0) is 26.3 Å². The van der Waals surface area contributed by atoms with E-state index >= 15 is 0 Å². The Morgan fingerprint density at radius 3 is 2.83 bits per heavy atom. The van der Waals surface area contributed by atoms with E-state index in [9.17, 15) is 0 Å². The number of guanidine groups is 1. The third-order valence-corrected chi connectivity index (χ3v) is 3.67. The van der Waals surface area contributed by atoms with Gasteiger partial charge in [0.15, 0.2) is 5.96 Å². The van der Waals surface area contributed by atoms with Gasteiger partial charge in [0, 0.05) is 19.1 Å². The fourth-order valence-electron chi connectivity index (χ4n) is 2.47. The second kappa shape index (κ2) is 7.99. The van der Waals surface area contributed by atoms with Crippen LogP contribution in [0.1, 0.15) is 32.1 Å². The van der Waals surface area contributed by atoms with Crippen LogP contribution in [0.5, 0.6) is 0 Å². The molecule has 1 aliphatic heterocycles. The summed E-state index contributed by atoms with van der Waals surface area (Å²) in [5.74, 6) is 0.622. The Balaban J connectivity index is 0.00000162. The zero-order chi connectivity index (χ0) is 12.1. The number of hydrogen-bond acceptors (Lipinski definition) is 2. The van der Waals surface area contributed by atoms with Gasteiger partial charge in [-0.15, -0.1) is 24.0 Å². The second-order valence-corrected chi connectivity index (χ2v) is 5.20. The Hall–Kier alpha value is -0.300. The van der Waals surface area contributed by atoms with Crippen LogP contribution < -0.4 is 11.1 Å². The molecule has 1 heterocycles. The lowest BCUT2D eigenvalue weighted by Crippen LogP contribution is -2.38. The molecular formula is C13H25IN4. The maximum absolute atomic E-state index is 5.90. The van der Waals surface area contributed by atoms with Crippen LogP contribution in [0.15, 0.2) is 16.6 Å². The van der Waals surface area contributed by atoms with Crippen LogP contribution in [-0.2, 0) is 0 Å². The highest BCUT2D eigenvalue weighted by atomic mass is 127. The topological polar surface area (TPSA) is 53.6 Å². The van der Waals surface area contributed by atoms with E-state index in [0.717, 1.165) is 26.1 Å². The molecule has 0 radical (unpaired) electrons. The first-order valence-corrected chi connectivity index (χ1v) is 6.67. The third-order valence-electron chi connectivity index (χ3n) is 3.67. The maximum Gasteiger partial charge on any atom is 0.189 e. The van der Waals surface area contributed by atoms with Crippen LogP contribution in [0.4, 0.5) is 0 Å². The van der Waals surface area contributed by atoms with Gasteiger partial charge >= 0.3 is 0 Å². The highest BCUT2D eigenvalue weighted by Gasteiger charge is 2.14. The molecule has 104 valence electrons. The predicted octanol–water partition coefficient (Wildman–Crippen LogP) is 1.71. The lowest BCUT2D eigenvalue weighted by atomic mass is 10.1. The van der Waals surface area contributed by atoms with E-state index in [1.807, 2.05) is 0 Å². The van der Waals surface area contributed by atoms with E-state index in [1.54, 1.807) is 0 Å². The first-order valence-electron chi connectivity index (χ1n) is 6.67. The van der Waals surface area contributed by atoms with Crippen molar-refractivity contribution in [3.8, 4) is 0 Å². The summed E-state index contributed by atoms with van der Waals surface area (Å²) in [5.41, 5.74) is 7.32. The molecule has 2 rings (SSSR count). The molecule has 0 aromatic carbocycles. The molecule has 1 aliphatic carbocycles. The minimum absolute atomic E-state index is 0. The Morgan fingerprint density at radius 1 is 1.50 bits per heavy atom. The van der Waals surface area contributed by atoms with E-state index in [1.165, 1.54) is 31.3 Å². The average Bonchev–Trinajstić information content (AvgIpc) is 2.81. The summed E-state index contributed by atoms with van der Waals surface area (Å²) in [7, 11) is 2.15. The summed E-state index contributed by atoms with van der Waals surface area (Å²) in [4.78, 5) is 6.75. The lowest BCUT2D eigenvalue weighted by molar-refractivity contribution is 0.358. The number of likely N-dealkylation sites (N-methyl/N-ethyl adjacent to an activating group) is 1. The van der Waals surface area contributed by atoms with Gasteiger partial charge in [-0.25, -0.2) is 4.99 Å². The summed E-state index contributed by atoms with van der Waals surface area (Å²) in [6.07, 6.45) is 8.52. The van der Waals surface area contributed by atoms with Crippen LogP contribution in [0, 0.1) is 0 Å². The molecule has 0 spiro atoms. The number of nitrogens with two attached hydrogens (primary N) is 1. The minimum atomic E-state index is 0. The fraction of sp³-hybridized carbons (Fsp3) is 0.769. The van der Waals surface area contributed by atoms with Crippen LogP contribution in [-0.4, -0.2) is 43.6 Å². The summed E-state index contributed by atoms with van der Waals surface area (Å²) in [6.45, 7) is 2.94. The Kier molecular flexibility index (Phi) is 6.99. The summed E-state index contributed by atoms with van der Waals surface area (Å²) >= 11 is 0. The van der Waals surface area contributed by atoms with Crippen molar-refractivity contribution in [2.45, 2.75) is 38.1 Å². The van der Waals surface area contributed by atoms with Crippen molar-refractivity contribution < 1.29 is 0 Å². The number of nitrogens with one attached hydrogen (secondary N) is 1. The van der Waals surface area contributed by atoms with Crippen molar-refractivity contribution in [3.63, 3.8) is 0 Å². The van der Waals surface area contributed by atoms with Crippen molar-refractivity contribution in [1.82, 2.24) is 10.2 Å².